The van der Waals surface area contributed by atoms with Crippen LogP contribution in [0.15, 0.2) is 41.3 Å². The van der Waals surface area contributed by atoms with E-state index in [1.54, 1.807) is 24.5 Å². The summed E-state index contributed by atoms with van der Waals surface area (Å²) in [6.07, 6.45) is 5.78. The molecule has 1 saturated carbocycles. The number of hydrogen-bond donors (Lipinski definition) is 1. The van der Waals surface area contributed by atoms with Crippen LogP contribution in [0.4, 0.5) is 5.82 Å². The highest BCUT2D eigenvalue weighted by Crippen LogP contribution is 2.23. The lowest BCUT2D eigenvalue weighted by Gasteiger charge is -2.01. The lowest BCUT2D eigenvalue weighted by molar-refractivity contribution is 1.11. The van der Waals surface area contributed by atoms with Gasteiger partial charge in [-0.1, -0.05) is 23.2 Å². The molecule has 0 atom stereocenters. The summed E-state index contributed by atoms with van der Waals surface area (Å²) in [6.45, 7) is 0. The fourth-order valence-electron chi connectivity index (χ4n) is 1.26. The lowest BCUT2D eigenvalue weighted by Crippen LogP contribution is -2.01. The van der Waals surface area contributed by atoms with Crippen molar-refractivity contribution in [2.75, 3.05) is 5.32 Å². The van der Waals surface area contributed by atoms with Crippen molar-refractivity contribution < 1.29 is 0 Å². The Morgan fingerprint density at radius 3 is 2.05 bits per heavy atom. The van der Waals surface area contributed by atoms with Gasteiger partial charge in [-0.3, -0.25) is 0 Å². The number of hydrogen-bond acceptors (Lipinski definition) is 3. The molecule has 3 nitrogen and oxygen atoms in total. The molecule has 0 unspecified atom stereocenters. The first kappa shape index (κ1) is 14.6. The van der Waals surface area contributed by atoms with Gasteiger partial charge in [-0.15, -0.1) is 0 Å². The molecule has 1 aliphatic carbocycles. The topological polar surface area (TPSA) is 37.8 Å². The van der Waals surface area contributed by atoms with Gasteiger partial charge in [-0.25, -0.2) is 9.97 Å². The molecule has 0 spiro atoms. The van der Waals surface area contributed by atoms with Crippen LogP contribution in [0.2, 0.25) is 10.0 Å². The molecule has 0 aliphatic heterocycles. The largest absolute Gasteiger partial charge is 0.367 e. The molecule has 1 aliphatic rings. The van der Waals surface area contributed by atoms with Gasteiger partial charge in [0.15, 0.2) is 0 Å². The summed E-state index contributed by atoms with van der Waals surface area (Å²) in [4.78, 5) is 7.98. The van der Waals surface area contributed by atoms with Crippen molar-refractivity contribution in [1.82, 2.24) is 9.97 Å². The van der Waals surface area contributed by atoms with Gasteiger partial charge in [0.1, 0.15) is 10.4 Å². The summed E-state index contributed by atoms with van der Waals surface area (Å²) >= 11 is 14.4. The SMILES string of the molecule is Clc1ccc(Br)nc1.Clc1ccc(NC2CC2)nc1. The molecule has 0 radical (unpaired) electrons. The minimum Gasteiger partial charge on any atom is -0.367 e. The summed E-state index contributed by atoms with van der Waals surface area (Å²) in [5.41, 5.74) is 0. The fraction of sp³-hybridized carbons (Fsp3) is 0.231. The molecule has 19 heavy (non-hydrogen) atoms. The van der Waals surface area contributed by atoms with Gasteiger partial charge >= 0.3 is 0 Å². The molecule has 3 rings (SSSR count). The molecule has 0 amide bonds. The molecule has 2 heterocycles. The number of nitrogens with zero attached hydrogens (tertiary/aromatic N) is 2. The van der Waals surface area contributed by atoms with Gasteiger partial charge in [0, 0.05) is 18.4 Å². The Kier molecular flexibility index (Phi) is 5.43. The maximum Gasteiger partial charge on any atom is 0.126 e. The van der Waals surface area contributed by atoms with Crippen molar-refractivity contribution in [2.45, 2.75) is 18.9 Å². The molecule has 2 aromatic heterocycles. The third-order valence-electron chi connectivity index (χ3n) is 2.35. The Balaban J connectivity index is 0.000000148. The van der Waals surface area contributed by atoms with Crippen molar-refractivity contribution in [3.63, 3.8) is 0 Å². The van der Waals surface area contributed by atoms with Crippen molar-refractivity contribution in [2.24, 2.45) is 0 Å². The Morgan fingerprint density at radius 1 is 1.00 bits per heavy atom. The van der Waals surface area contributed by atoms with Crippen molar-refractivity contribution in [3.05, 3.63) is 51.3 Å². The number of nitrogens with one attached hydrogen (secondary N) is 1. The maximum absolute atomic E-state index is 5.67. The number of halogens is 3. The van der Waals surface area contributed by atoms with Crippen LogP contribution >= 0.6 is 39.1 Å². The van der Waals surface area contributed by atoms with Crippen LogP contribution in [0.3, 0.4) is 0 Å². The molecule has 0 saturated heterocycles. The predicted molar refractivity (Wildman–Crippen MR) is 82.8 cm³/mol. The highest BCUT2D eigenvalue weighted by Gasteiger charge is 2.20. The number of anilines is 1. The van der Waals surface area contributed by atoms with E-state index in [0.29, 0.717) is 16.1 Å². The number of rotatable bonds is 2. The Morgan fingerprint density at radius 2 is 1.63 bits per heavy atom. The van der Waals surface area contributed by atoms with Gasteiger partial charge in [0.2, 0.25) is 0 Å². The Hall–Kier alpha value is -0.840. The highest BCUT2D eigenvalue weighted by molar-refractivity contribution is 9.10. The average Bonchev–Trinajstić information content (AvgIpc) is 3.21. The third-order valence-corrected chi connectivity index (χ3v) is 3.26. The van der Waals surface area contributed by atoms with Crippen LogP contribution in [0.1, 0.15) is 12.8 Å². The molecule has 0 aromatic carbocycles. The van der Waals surface area contributed by atoms with Crippen LogP contribution in [0.5, 0.6) is 0 Å². The first-order chi connectivity index (χ1) is 9.13. The van der Waals surface area contributed by atoms with Gasteiger partial charge in [-0.05, 0) is 53.0 Å². The summed E-state index contributed by atoms with van der Waals surface area (Å²) < 4.78 is 0.807. The standard InChI is InChI=1S/C8H9ClN2.C5H3BrClN/c9-6-1-4-8(10-5-6)11-7-2-3-7;6-5-2-1-4(7)3-8-5/h1,4-5,7H,2-3H2,(H,10,11);1-3H. The molecule has 100 valence electrons. The van der Waals surface area contributed by atoms with Crippen LogP contribution in [0.25, 0.3) is 0 Å². The summed E-state index contributed by atoms with van der Waals surface area (Å²) in [7, 11) is 0. The zero-order valence-electron chi connectivity index (χ0n) is 9.98. The fourth-order valence-corrected chi connectivity index (χ4v) is 1.71. The zero-order chi connectivity index (χ0) is 13.7. The van der Waals surface area contributed by atoms with Gasteiger partial charge in [-0.2, -0.15) is 0 Å². The van der Waals surface area contributed by atoms with E-state index in [-0.39, 0.29) is 0 Å². The van der Waals surface area contributed by atoms with E-state index >= 15 is 0 Å². The summed E-state index contributed by atoms with van der Waals surface area (Å²) in [5.74, 6) is 0.928. The van der Waals surface area contributed by atoms with Crippen molar-refractivity contribution in [1.29, 1.82) is 0 Å². The Labute approximate surface area is 130 Å². The van der Waals surface area contributed by atoms with E-state index in [0.717, 1.165) is 10.4 Å². The molecular formula is C13H12BrCl2N3. The van der Waals surface area contributed by atoms with E-state index in [1.807, 2.05) is 12.1 Å². The van der Waals surface area contributed by atoms with Crippen LogP contribution in [0, 0.1) is 0 Å². The molecule has 2 aromatic rings. The zero-order valence-corrected chi connectivity index (χ0v) is 13.1. The number of pyridine rings is 2. The minimum atomic E-state index is 0.656. The highest BCUT2D eigenvalue weighted by atomic mass is 79.9. The van der Waals surface area contributed by atoms with Crippen LogP contribution < -0.4 is 5.32 Å². The second-order valence-corrected chi connectivity index (χ2v) is 5.76. The van der Waals surface area contributed by atoms with E-state index in [2.05, 4.69) is 31.2 Å². The van der Waals surface area contributed by atoms with Crippen LogP contribution in [-0.2, 0) is 0 Å². The summed E-state index contributed by atoms with van der Waals surface area (Å²) in [6, 6.07) is 7.98. The van der Waals surface area contributed by atoms with E-state index in [4.69, 9.17) is 23.2 Å². The summed E-state index contributed by atoms with van der Waals surface area (Å²) in [5, 5.41) is 4.62. The lowest BCUT2D eigenvalue weighted by atomic mass is 10.4. The molecular weight excluding hydrogens is 349 g/mol. The van der Waals surface area contributed by atoms with Crippen LogP contribution in [-0.4, -0.2) is 16.0 Å². The number of aromatic nitrogens is 2. The van der Waals surface area contributed by atoms with E-state index in [9.17, 15) is 0 Å². The second-order valence-electron chi connectivity index (χ2n) is 4.08. The monoisotopic (exact) mass is 359 g/mol. The average molecular weight is 361 g/mol. The minimum absolute atomic E-state index is 0.656. The van der Waals surface area contributed by atoms with Crippen molar-refractivity contribution in [3.8, 4) is 0 Å². The molecule has 1 fully saturated rings. The quantitative estimate of drug-likeness (QED) is 0.781. The predicted octanol–water partition coefficient (Wildman–Crippen LogP) is 4.81. The van der Waals surface area contributed by atoms with E-state index < -0.39 is 0 Å². The normalized spacial score (nSPS) is 13.4. The van der Waals surface area contributed by atoms with Gasteiger partial charge < -0.3 is 5.32 Å². The van der Waals surface area contributed by atoms with E-state index in [1.165, 1.54) is 12.8 Å². The molecule has 6 heteroatoms. The third kappa shape index (κ3) is 5.76. The maximum atomic E-state index is 5.67. The van der Waals surface area contributed by atoms with Crippen molar-refractivity contribution >= 4 is 44.9 Å². The second kappa shape index (κ2) is 7.08. The molecule has 0 bridgehead atoms. The first-order valence-electron chi connectivity index (χ1n) is 5.78. The Bertz CT molecular complexity index is 491. The molecule has 1 N–H and O–H groups in total. The first-order valence-corrected chi connectivity index (χ1v) is 7.33. The van der Waals surface area contributed by atoms with Gasteiger partial charge in [0.05, 0.1) is 10.0 Å². The smallest absolute Gasteiger partial charge is 0.126 e. The van der Waals surface area contributed by atoms with Gasteiger partial charge in [0.25, 0.3) is 0 Å².